The highest BCUT2D eigenvalue weighted by atomic mass is 16.2. The van der Waals surface area contributed by atoms with Crippen molar-refractivity contribution in [2.24, 2.45) is 0 Å². The first kappa shape index (κ1) is 12.6. The molecule has 3 nitrogen and oxygen atoms in total. The molecule has 0 saturated heterocycles. The van der Waals surface area contributed by atoms with Crippen molar-refractivity contribution in [3.05, 3.63) is 29.8 Å². The number of rotatable bonds is 4. The van der Waals surface area contributed by atoms with Gasteiger partial charge >= 0.3 is 0 Å². The first-order valence-electron chi connectivity index (χ1n) is 5.68. The van der Waals surface area contributed by atoms with Gasteiger partial charge in [0.2, 0.25) is 5.91 Å². The van der Waals surface area contributed by atoms with Crippen molar-refractivity contribution in [3.8, 4) is 0 Å². The molecular formula is C13H20N2O. The van der Waals surface area contributed by atoms with E-state index in [-0.39, 0.29) is 11.9 Å². The van der Waals surface area contributed by atoms with E-state index in [0.717, 1.165) is 17.8 Å². The lowest BCUT2D eigenvalue weighted by Crippen LogP contribution is -2.37. The Kier molecular flexibility index (Phi) is 4.35. The molecule has 0 unspecified atom stereocenters. The third kappa shape index (κ3) is 3.26. The van der Waals surface area contributed by atoms with E-state index in [1.807, 2.05) is 49.9 Å². The molecule has 0 radical (unpaired) electrons. The van der Waals surface area contributed by atoms with E-state index in [0.29, 0.717) is 6.42 Å². The largest absolute Gasteiger partial charge is 0.399 e. The summed E-state index contributed by atoms with van der Waals surface area (Å²) in [6.45, 7) is 6.82. The van der Waals surface area contributed by atoms with Crippen molar-refractivity contribution < 1.29 is 4.79 Å². The highest BCUT2D eigenvalue weighted by Gasteiger charge is 2.14. The molecule has 0 spiro atoms. The summed E-state index contributed by atoms with van der Waals surface area (Å²) >= 11 is 0. The first-order valence-corrected chi connectivity index (χ1v) is 5.68. The number of anilines is 1. The van der Waals surface area contributed by atoms with Gasteiger partial charge in [-0.3, -0.25) is 4.79 Å². The van der Waals surface area contributed by atoms with E-state index in [4.69, 9.17) is 5.73 Å². The summed E-state index contributed by atoms with van der Waals surface area (Å²) in [6, 6.07) is 7.72. The minimum Gasteiger partial charge on any atom is -0.399 e. The van der Waals surface area contributed by atoms with E-state index in [9.17, 15) is 4.79 Å². The first-order chi connectivity index (χ1) is 7.54. The van der Waals surface area contributed by atoms with Crippen LogP contribution in [-0.2, 0) is 11.2 Å². The van der Waals surface area contributed by atoms with Crippen molar-refractivity contribution in [2.45, 2.75) is 33.2 Å². The number of carbonyl (C=O) groups excluding carboxylic acids is 1. The maximum atomic E-state index is 12.0. The summed E-state index contributed by atoms with van der Waals surface area (Å²) in [6.07, 6.45) is 0.451. The van der Waals surface area contributed by atoms with Crippen molar-refractivity contribution in [1.82, 2.24) is 4.90 Å². The minimum absolute atomic E-state index is 0.169. The van der Waals surface area contributed by atoms with Crippen LogP contribution in [0.25, 0.3) is 0 Å². The molecule has 1 amide bonds. The molecule has 0 aromatic heterocycles. The average molecular weight is 220 g/mol. The lowest BCUT2D eigenvalue weighted by atomic mass is 10.1. The van der Waals surface area contributed by atoms with Gasteiger partial charge in [-0.05, 0) is 38.5 Å². The van der Waals surface area contributed by atoms with Crippen LogP contribution in [0.1, 0.15) is 26.3 Å². The van der Waals surface area contributed by atoms with Gasteiger partial charge in [0.1, 0.15) is 0 Å². The number of benzene rings is 1. The number of hydrogen-bond donors (Lipinski definition) is 1. The summed E-state index contributed by atoms with van der Waals surface area (Å²) in [5, 5.41) is 0. The van der Waals surface area contributed by atoms with E-state index < -0.39 is 0 Å². The van der Waals surface area contributed by atoms with Gasteiger partial charge in [0.05, 0.1) is 6.42 Å². The highest BCUT2D eigenvalue weighted by molar-refractivity contribution is 5.79. The summed E-state index contributed by atoms with van der Waals surface area (Å²) in [7, 11) is 0. The van der Waals surface area contributed by atoms with Gasteiger partial charge < -0.3 is 10.6 Å². The van der Waals surface area contributed by atoms with Crippen LogP contribution in [0.15, 0.2) is 24.3 Å². The van der Waals surface area contributed by atoms with Crippen molar-refractivity contribution >= 4 is 11.6 Å². The summed E-state index contributed by atoms with van der Waals surface area (Å²) in [5.41, 5.74) is 7.34. The zero-order valence-corrected chi connectivity index (χ0v) is 10.2. The predicted molar refractivity (Wildman–Crippen MR) is 67.1 cm³/mol. The molecule has 0 aliphatic heterocycles. The normalized spacial score (nSPS) is 10.5. The number of nitrogens with zero attached hydrogens (tertiary/aromatic N) is 1. The van der Waals surface area contributed by atoms with Crippen molar-refractivity contribution in [1.29, 1.82) is 0 Å². The lowest BCUT2D eigenvalue weighted by molar-refractivity contribution is -0.131. The van der Waals surface area contributed by atoms with E-state index in [1.54, 1.807) is 0 Å². The van der Waals surface area contributed by atoms with E-state index in [1.165, 1.54) is 0 Å². The maximum Gasteiger partial charge on any atom is 0.227 e. The monoisotopic (exact) mass is 220 g/mol. The van der Waals surface area contributed by atoms with Gasteiger partial charge in [-0.25, -0.2) is 0 Å². The van der Waals surface area contributed by atoms with Gasteiger partial charge in [0.15, 0.2) is 0 Å². The minimum atomic E-state index is 0.169. The zero-order valence-electron chi connectivity index (χ0n) is 10.2. The number of nitrogen functional groups attached to an aromatic ring is 1. The van der Waals surface area contributed by atoms with Crippen LogP contribution in [0.4, 0.5) is 5.69 Å². The SMILES string of the molecule is CCN(C(=O)Cc1ccc(N)cc1)C(C)C. The van der Waals surface area contributed by atoms with Crippen LogP contribution >= 0.6 is 0 Å². The third-order valence-electron chi connectivity index (χ3n) is 2.62. The molecule has 0 bridgehead atoms. The fraction of sp³-hybridized carbons (Fsp3) is 0.462. The van der Waals surface area contributed by atoms with Crippen LogP contribution in [0.3, 0.4) is 0 Å². The Hall–Kier alpha value is -1.51. The Labute approximate surface area is 97.2 Å². The van der Waals surface area contributed by atoms with Crippen LogP contribution in [-0.4, -0.2) is 23.4 Å². The van der Waals surface area contributed by atoms with Crippen LogP contribution in [0.2, 0.25) is 0 Å². The van der Waals surface area contributed by atoms with Gasteiger partial charge in [-0.1, -0.05) is 12.1 Å². The summed E-state index contributed by atoms with van der Waals surface area (Å²) in [5.74, 6) is 0.169. The molecule has 88 valence electrons. The molecule has 2 N–H and O–H groups in total. The molecule has 16 heavy (non-hydrogen) atoms. The molecular weight excluding hydrogens is 200 g/mol. The molecule has 0 aliphatic carbocycles. The Balaban J connectivity index is 2.66. The average Bonchev–Trinajstić information content (AvgIpc) is 2.22. The van der Waals surface area contributed by atoms with Gasteiger partial charge in [0.25, 0.3) is 0 Å². The van der Waals surface area contributed by atoms with Crippen molar-refractivity contribution in [2.75, 3.05) is 12.3 Å². The van der Waals surface area contributed by atoms with Gasteiger partial charge in [0, 0.05) is 18.3 Å². The van der Waals surface area contributed by atoms with Crippen molar-refractivity contribution in [3.63, 3.8) is 0 Å². The van der Waals surface area contributed by atoms with Gasteiger partial charge in [-0.15, -0.1) is 0 Å². The highest BCUT2D eigenvalue weighted by Crippen LogP contribution is 2.09. The Morgan fingerprint density at radius 3 is 2.31 bits per heavy atom. The standard InChI is InChI=1S/C13H20N2O/c1-4-15(10(2)3)13(16)9-11-5-7-12(14)8-6-11/h5-8,10H,4,9,14H2,1-3H3. The Morgan fingerprint density at radius 2 is 1.88 bits per heavy atom. The number of nitrogens with two attached hydrogens (primary N) is 1. The molecule has 0 saturated carbocycles. The number of hydrogen-bond acceptors (Lipinski definition) is 2. The Bertz CT molecular complexity index is 343. The molecule has 0 atom stereocenters. The topological polar surface area (TPSA) is 46.3 Å². The molecule has 0 heterocycles. The summed E-state index contributed by atoms with van der Waals surface area (Å²) in [4.78, 5) is 13.8. The number of likely N-dealkylation sites (N-methyl/N-ethyl adjacent to an activating group) is 1. The summed E-state index contributed by atoms with van der Waals surface area (Å²) < 4.78 is 0. The van der Waals surface area contributed by atoms with Crippen LogP contribution in [0.5, 0.6) is 0 Å². The van der Waals surface area contributed by atoms with E-state index in [2.05, 4.69) is 0 Å². The molecule has 1 aromatic carbocycles. The van der Waals surface area contributed by atoms with E-state index >= 15 is 0 Å². The number of amides is 1. The van der Waals surface area contributed by atoms with Gasteiger partial charge in [-0.2, -0.15) is 0 Å². The molecule has 0 fully saturated rings. The lowest BCUT2D eigenvalue weighted by Gasteiger charge is -2.25. The number of carbonyl (C=O) groups is 1. The predicted octanol–water partition coefficient (Wildman–Crippen LogP) is 2.07. The second-order valence-electron chi connectivity index (χ2n) is 4.19. The van der Waals surface area contributed by atoms with Crippen LogP contribution in [0, 0.1) is 0 Å². The second-order valence-corrected chi connectivity index (χ2v) is 4.19. The fourth-order valence-corrected chi connectivity index (χ4v) is 1.74. The molecule has 1 rings (SSSR count). The maximum absolute atomic E-state index is 12.0. The molecule has 3 heteroatoms. The fourth-order valence-electron chi connectivity index (χ4n) is 1.74. The molecule has 1 aromatic rings. The molecule has 0 aliphatic rings. The second kappa shape index (κ2) is 5.54. The van der Waals surface area contributed by atoms with Crippen LogP contribution < -0.4 is 5.73 Å². The Morgan fingerprint density at radius 1 is 1.31 bits per heavy atom. The zero-order chi connectivity index (χ0) is 12.1. The third-order valence-corrected chi connectivity index (χ3v) is 2.62. The smallest absolute Gasteiger partial charge is 0.227 e. The quantitative estimate of drug-likeness (QED) is 0.789.